The molecule has 1 fully saturated rings. The van der Waals surface area contributed by atoms with Gasteiger partial charge in [0.05, 0.1) is 35.7 Å². The molecule has 0 radical (unpaired) electrons. The predicted octanol–water partition coefficient (Wildman–Crippen LogP) is 6.22. The highest BCUT2D eigenvalue weighted by Gasteiger charge is 2.26. The lowest BCUT2D eigenvalue weighted by Gasteiger charge is -2.29. The standard InChI is InChI=1S/C28H36Cl3NO5/c1-19(16-32-9-11-34-12-10-32)17-35-23-7-5-21(6-8-23)28(3,4)22-13-25(30)27(26(31)14-22)36-18-24(15-29)37-20(2)33/h5-8,13-14,19,24H,9-12,15-18H2,1-4H3/t19-,24+/m0/s1. The van der Waals surface area contributed by atoms with Crippen LogP contribution in [0, 0.1) is 5.92 Å². The molecule has 0 aromatic heterocycles. The van der Waals surface area contributed by atoms with Gasteiger partial charge in [-0.2, -0.15) is 0 Å². The lowest BCUT2D eigenvalue weighted by Crippen LogP contribution is -2.39. The summed E-state index contributed by atoms with van der Waals surface area (Å²) in [7, 11) is 0. The SMILES string of the molecule is CC(=O)O[C@H](CCl)COc1c(Cl)cc(C(C)(C)c2ccc(OC[C@@H](C)CN3CCOCC3)cc2)cc1Cl. The Kier molecular flexibility index (Phi) is 11.2. The van der Waals surface area contributed by atoms with E-state index in [1.165, 1.54) is 6.92 Å². The number of hydrogen-bond acceptors (Lipinski definition) is 6. The zero-order valence-corrected chi connectivity index (χ0v) is 24.2. The van der Waals surface area contributed by atoms with E-state index in [0.717, 1.165) is 49.7 Å². The van der Waals surface area contributed by atoms with Gasteiger partial charge in [0.2, 0.25) is 0 Å². The number of ether oxygens (including phenoxy) is 4. The van der Waals surface area contributed by atoms with Crippen LogP contribution in [0.25, 0.3) is 0 Å². The smallest absolute Gasteiger partial charge is 0.303 e. The largest absolute Gasteiger partial charge is 0.493 e. The first-order valence-electron chi connectivity index (χ1n) is 12.5. The van der Waals surface area contributed by atoms with Crippen molar-refractivity contribution in [2.45, 2.75) is 39.2 Å². The number of benzene rings is 2. The lowest BCUT2D eigenvalue weighted by atomic mass is 9.78. The minimum absolute atomic E-state index is 0.0534. The summed E-state index contributed by atoms with van der Waals surface area (Å²) < 4.78 is 22.3. The van der Waals surface area contributed by atoms with E-state index in [-0.39, 0.29) is 17.9 Å². The van der Waals surface area contributed by atoms with Gasteiger partial charge in [-0.15, -0.1) is 11.6 Å². The van der Waals surface area contributed by atoms with Gasteiger partial charge in [-0.1, -0.05) is 56.1 Å². The van der Waals surface area contributed by atoms with Crippen LogP contribution in [-0.4, -0.2) is 68.9 Å². The highest BCUT2D eigenvalue weighted by molar-refractivity contribution is 6.37. The van der Waals surface area contributed by atoms with Gasteiger partial charge >= 0.3 is 5.97 Å². The number of rotatable bonds is 12. The van der Waals surface area contributed by atoms with Gasteiger partial charge in [0.15, 0.2) is 5.75 Å². The molecule has 0 bridgehead atoms. The number of hydrogen-bond donors (Lipinski definition) is 0. The van der Waals surface area contributed by atoms with E-state index in [9.17, 15) is 4.79 Å². The maximum absolute atomic E-state index is 11.2. The van der Waals surface area contributed by atoms with Crippen molar-refractivity contribution >= 4 is 40.8 Å². The van der Waals surface area contributed by atoms with Gasteiger partial charge in [0.25, 0.3) is 0 Å². The van der Waals surface area contributed by atoms with Gasteiger partial charge < -0.3 is 18.9 Å². The van der Waals surface area contributed by atoms with Crippen molar-refractivity contribution in [2.24, 2.45) is 5.92 Å². The average molecular weight is 573 g/mol. The van der Waals surface area contributed by atoms with Crippen molar-refractivity contribution < 1.29 is 23.7 Å². The molecule has 37 heavy (non-hydrogen) atoms. The summed E-state index contributed by atoms with van der Waals surface area (Å²) in [4.78, 5) is 13.6. The third kappa shape index (κ3) is 8.66. The molecule has 0 aliphatic carbocycles. The van der Waals surface area contributed by atoms with Crippen molar-refractivity contribution in [1.29, 1.82) is 0 Å². The lowest BCUT2D eigenvalue weighted by molar-refractivity contribution is -0.146. The molecule has 1 heterocycles. The predicted molar refractivity (Wildman–Crippen MR) is 149 cm³/mol. The summed E-state index contributed by atoms with van der Waals surface area (Å²) >= 11 is 18.9. The van der Waals surface area contributed by atoms with E-state index < -0.39 is 12.1 Å². The van der Waals surface area contributed by atoms with E-state index in [1.807, 2.05) is 24.3 Å². The van der Waals surface area contributed by atoms with Crippen molar-refractivity contribution in [3.63, 3.8) is 0 Å². The van der Waals surface area contributed by atoms with Crippen LogP contribution in [-0.2, 0) is 19.7 Å². The van der Waals surface area contributed by atoms with Crippen molar-refractivity contribution in [3.8, 4) is 11.5 Å². The Bertz CT molecular complexity index is 1000. The summed E-state index contributed by atoms with van der Waals surface area (Å²) in [5.74, 6) is 1.28. The molecule has 2 aromatic rings. The fraction of sp³-hybridized carbons (Fsp3) is 0.536. The number of carbonyl (C=O) groups is 1. The molecule has 2 aromatic carbocycles. The summed E-state index contributed by atoms with van der Waals surface area (Å²) in [6, 6.07) is 11.8. The zero-order valence-electron chi connectivity index (χ0n) is 21.9. The molecule has 0 amide bonds. The second kappa shape index (κ2) is 13.9. The van der Waals surface area contributed by atoms with E-state index in [2.05, 4.69) is 37.8 Å². The van der Waals surface area contributed by atoms with E-state index in [4.69, 9.17) is 53.8 Å². The molecule has 0 spiro atoms. The van der Waals surface area contributed by atoms with Crippen molar-refractivity contribution in [1.82, 2.24) is 4.90 Å². The highest BCUT2D eigenvalue weighted by Crippen LogP contribution is 2.40. The third-order valence-corrected chi connectivity index (χ3v) is 7.33. The fourth-order valence-electron chi connectivity index (χ4n) is 4.23. The minimum atomic E-state index is -0.592. The number of halogens is 3. The van der Waals surface area contributed by atoms with Crippen molar-refractivity contribution in [2.75, 3.05) is 51.9 Å². The fourth-order valence-corrected chi connectivity index (χ4v) is 4.98. The zero-order chi connectivity index (χ0) is 27.0. The van der Waals surface area contributed by atoms with Gasteiger partial charge in [-0.25, -0.2) is 0 Å². The molecule has 1 aliphatic rings. The Labute approximate surface area is 235 Å². The van der Waals surface area contributed by atoms with Gasteiger partial charge in [-0.3, -0.25) is 9.69 Å². The Morgan fingerprint density at radius 3 is 2.22 bits per heavy atom. The topological polar surface area (TPSA) is 57.2 Å². The molecule has 2 atom stereocenters. The average Bonchev–Trinajstić information content (AvgIpc) is 2.86. The molecule has 1 saturated heterocycles. The van der Waals surface area contributed by atoms with Crippen LogP contribution in [0.15, 0.2) is 36.4 Å². The van der Waals surface area contributed by atoms with Crippen LogP contribution in [0.2, 0.25) is 10.0 Å². The van der Waals surface area contributed by atoms with Crippen LogP contribution >= 0.6 is 34.8 Å². The van der Waals surface area contributed by atoms with E-state index in [0.29, 0.717) is 28.3 Å². The molecule has 1 aliphatic heterocycles. The number of morpholine rings is 1. The first-order chi connectivity index (χ1) is 17.6. The van der Waals surface area contributed by atoms with E-state index >= 15 is 0 Å². The number of carbonyl (C=O) groups excluding carboxylic acids is 1. The Morgan fingerprint density at radius 2 is 1.65 bits per heavy atom. The number of esters is 1. The van der Waals surface area contributed by atoms with Gasteiger partial charge in [0.1, 0.15) is 18.5 Å². The maximum Gasteiger partial charge on any atom is 0.303 e. The molecule has 9 heteroatoms. The van der Waals surface area contributed by atoms with E-state index in [1.54, 1.807) is 0 Å². The molecular weight excluding hydrogens is 537 g/mol. The summed E-state index contributed by atoms with van der Waals surface area (Å²) in [6.45, 7) is 13.1. The molecule has 204 valence electrons. The van der Waals surface area contributed by atoms with Gasteiger partial charge in [-0.05, 0) is 35.4 Å². The van der Waals surface area contributed by atoms with Gasteiger partial charge in [0, 0.05) is 37.9 Å². The maximum atomic E-state index is 11.2. The van der Waals surface area contributed by atoms with Crippen molar-refractivity contribution in [3.05, 3.63) is 57.6 Å². The van der Waals surface area contributed by atoms with Crippen LogP contribution < -0.4 is 9.47 Å². The van der Waals surface area contributed by atoms with Crippen LogP contribution in [0.5, 0.6) is 11.5 Å². The molecule has 3 rings (SSSR count). The molecule has 6 nitrogen and oxygen atoms in total. The quantitative estimate of drug-likeness (QED) is 0.222. The normalized spacial score (nSPS) is 16.2. The van der Waals surface area contributed by atoms with Crippen LogP contribution in [0.3, 0.4) is 0 Å². The Balaban J connectivity index is 1.62. The molecule has 0 N–H and O–H groups in total. The van der Waals surface area contributed by atoms with Crippen LogP contribution in [0.1, 0.15) is 38.8 Å². The molecule has 0 saturated carbocycles. The summed E-state index contributed by atoms with van der Waals surface area (Å²) in [5, 5.41) is 0.752. The number of nitrogens with zero attached hydrogens (tertiary/aromatic N) is 1. The molecule has 0 unspecified atom stereocenters. The second-order valence-electron chi connectivity index (χ2n) is 9.94. The Morgan fingerprint density at radius 1 is 1.03 bits per heavy atom. The first kappa shape index (κ1) is 29.9. The number of alkyl halides is 1. The summed E-state index contributed by atoms with van der Waals surface area (Å²) in [6.07, 6.45) is -0.592. The highest BCUT2D eigenvalue weighted by atomic mass is 35.5. The van der Waals surface area contributed by atoms with Crippen LogP contribution in [0.4, 0.5) is 0 Å². The monoisotopic (exact) mass is 571 g/mol. The first-order valence-corrected chi connectivity index (χ1v) is 13.8. The summed E-state index contributed by atoms with van der Waals surface area (Å²) in [5.41, 5.74) is 1.67. The Hall–Kier alpha value is -1.70. The molecular formula is C28H36Cl3NO5. The minimum Gasteiger partial charge on any atom is -0.493 e. The second-order valence-corrected chi connectivity index (χ2v) is 11.1. The third-order valence-electron chi connectivity index (χ3n) is 6.42.